The summed E-state index contributed by atoms with van der Waals surface area (Å²) in [5, 5.41) is 9.22. The van der Waals surface area contributed by atoms with E-state index >= 15 is 0 Å². The second-order valence-electron chi connectivity index (χ2n) is 9.78. The quantitative estimate of drug-likeness (QED) is 0.199. The molecule has 0 atom stereocenters. The molecule has 0 aliphatic heterocycles. The van der Waals surface area contributed by atoms with Crippen molar-refractivity contribution in [3.63, 3.8) is 0 Å². The van der Waals surface area contributed by atoms with Gasteiger partial charge in [0.05, 0.1) is 0 Å². The summed E-state index contributed by atoms with van der Waals surface area (Å²) in [6, 6.07) is 45.1. The zero-order valence-electron chi connectivity index (χ0n) is 22.7. The third-order valence-electron chi connectivity index (χ3n) is 7.43. The van der Waals surface area contributed by atoms with Crippen LogP contribution in [0.2, 0.25) is 0 Å². The lowest BCUT2D eigenvalue weighted by molar-refractivity contribution is 0.671. The molecule has 0 bridgehead atoms. The Morgan fingerprint density at radius 2 is 0.711 bits per heavy atom. The van der Waals surface area contributed by atoms with Gasteiger partial charge in [-0.05, 0) is 97.4 Å². The van der Waals surface area contributed by atoms with Gasteiger partial charge in [-0.25, -0.2) is 0 Å². The molecule has 2 heteroatoms. The fourth-order valence-corrected chi connectivity index (χ4v) is 11.2. The molecule has 0 spiro atoms. The molecule has 4 aromatic rings. The van der Waals surface area contributed by atoms with Crippen LogP contribution in [-0.2, 0) is 0 Å². The molecule has 5 rings (SSSR count). The Morgan fingerprint density at radius 3 is 0.947 bits per heavy atom. The van der Waals surface area contributed by atoms with E-state index in [-0.39, 0.29) is 0 Å². The van der Waals surface area contributed by atoms with Gasteiger partial charge in [-0.3, -0.25) is 0 Å². The Hall–Kier alpha value is -2.78. The summed E-state index contributed by atoms with van der Waals surface area (Å²) < 4.78 is 0. The Balaban J connectivity index is 1.75. The first-order valence-electron chi connectivity index (χ1n) is 14.1. The first-order valence-corrected chi connectivity index (χ1v) is 16.7. The van der Waals surface area contributed by atoms with E-state index in [2.05, 4.69) is 135 Å². The van der Waals surface area contributed by atoms with Gasteiger partial charge in [-0.2, -0.15) is 0 Å². The molecule has 1 fully saturated rings. The van der Waals surface area contributed by atoms with Crippen LogP contribution < -0.4 is 21.2 Å². The predicted octanol–water partition coefficient (Wildman–Crippen LogP) is 9.15. The van der Waals surface area contributed by atoms with Crippen LogP contribution in [-0.4, -0.2) is 0 Å². The van der Waals surface area contributed by atoms with Crippen LogP contribution in [0.3, 0.4) is 0 Å². The maximum Gasteiger partial charge on any atom is -0.0154 e. The minimum atomic E-state index is -0.569. The molecule has 1 saturated carbocycles. The topological polar surface area (TPSA) is 0 Å². The van der Waals surface area contributed by atoms with Crippen LogP contribution in [0, 0.1) is 0 Å². The predicted molar refractivity (Wildman–Crippen MR) is 171 cm³/mol. The summed E-state index contributed by atoms with van der Waals surface area (Å²) in [7, 11) is -1.14. The average Bonchev–Trinajstić information content (AvgIpc) is 3.00. The standard InChI is InChI=1S/C36H38P2/c1-3-35(37(29-19-9-5-10-20-29)30-21-11-6-12-22-30)33-27-17-18-28-34(33)36(4-2)38(31-23-13-7-14-24-31)32-25-15-8-16-26-32/h5-16,19-26H,3-4,17-18,27-28H2,1-2H3/b35-33-,36-34+. The largest absolute Gasteiger partial charge is 0.0622 e. The maximum absolute atomic E-state index is 2.39. The van der Waals surface area contributed by atoms with Crippen molar-refractivity contribution in [3.8, 4) is 0 Å². The molecule has 4 aromatic carbocycles. The highest BCUT2D eigenvalue weighted by molar-refractivity contribution is 7.77. The van der Waals surface area contributed by atoms with Crippen LogP contribution in [0.15, 0.2) is 143 Å². The van der Waals surface area contributed by atoms with Crippen molar-refractivity contribution in [3.05, 3.63) is 143 Å². The van der Waals surface area contributed by atoms with Gasteiger partial charge in [-0.15, -0.1) is 0 Å². The molecule has 1 aliphatic carbocycles. The molecule has 0 unspecified atom stereocenters. The minimum absolute atomic E-state index is 0.569. The lowest BCUT2D eigenvalue weighted by Gasteiger charge is -2.32. The number of hydrogen-bond donors (Lipinski definition) is 0. The first kappa shape index (κ1) is 26.8. The number of benzene rings is 4. The number of allylic oxidation sites excluding steroid dienone is 4. The van der Waals surface area contributed by atoms with Gasteiger partial charge in [0.25, 0.3) is 0 Å². The van der Waals surface area contributed by atoms with Gasteiger partial charge in [0.15, 0.2) is 0 Å². The van der Waals surface area contributed by atoms with Crippen molar-refractivity contribution < 1.29 is 0 Å². The summed E-state index contributed by atoms with van der Waals surface area (Å²) in [5.41, 5.74) is 3.35. The van der Waals surface area contributed by atoms with Crippen LogP contribution in [0.25, 0.3) is 0 Å². The lowest BCUT2D eigenvalue weighted by Crippen LogP contribution is -2.17. The van der Waals surface area contributed by atoms with Crippen LogP contribution in [0.5, 0.6) is 0 Å². The normalized spacial score (nSPS) is 16.5. The summed E-state index contributed by atoms with van der Waals surface area (Å²) >= 11 is 0. The van der Waals surface area contributed by atoms with Gasteiger partial charge in [0.1, 0.15) is 0 Å². The molecule has 0 heterocycles. The van der Waals surface area contributed by atoms with Crippen molar-refractivity contribution in [1.29, 1.82) is 0 Å². The Bertz CT molecular complexity index is 1170. The summed E-state index contributed by atoms with van der Waals surface area (Å²) in [6.07, 6.45) is 7.18. The van der Waals surface area contributed by atoms with Crippen molar-refractivity contribution in [2.24, 2.45) is 0 Å². The molecular weight excluding hydrogens is 494 g/mol. The van der Waals surface area contributed by atoms with Crippen LogP contribution >= 0.6 is 15.8 Å². The van der Waals surface area contributed by atoms with Crippen molar-refractivity contribution >= 4 is 37.1 Å². The molecule has 192 valence electrons. The average molecular weight is 533 g/mol. The van der Waals surface area contributed by atoms with Crippen molar-refractivity contribution in [2.45, 2.75) is 52.4 Å². The van der Waals surface area contributed by atoms with E-state index in [1.807, 2.05) is 0 Å². The molecule has 0 amide bonds. The molecule has 0 aromatic heterocycles. The number of hydrogen-bond acceptors (Lipinski definition) is 0. The van der Waals surface area contributed by atoms with Gasteiger partial charge in [0, 0.05) is 0 Å². The Morgan fingerprint density at radius 1 is 0.447 bits per heavy atom. The van der Waals surface area contributed by atoms with Crippen LogP contribution in [0.4, 0.5) is 0 Å². The molecule has 0 nitrogen and oxygen atoms in total. The van der Waals surface area contributed by atoms with Gasteiger partial charge >= 0.3 is 0 Å². The molecule has 0 radical (unpaired) electrons. The first-order chi connectivity index (χ1) is 18.8. The summed E-state index contributed by atoms with van der Waals surface area (Å²) in [5.74, 6) is 0. The van der Waals surface area contributed by atoms with E-state index in [1.165, 1.54) is 46.9 Å². The van der Waals surface area contributed by atoms with Crippen LogP contribution in [0.1, 0.15) is 52.4 Å². The summed E-state index contributed by atoms with van der Waals surface area (Å²) in [4.78, 5) is 0. The SMILES string of the molecule is CC/C(=C1\CCCC\C1=C(\CC)P(c1ccccc1)c1ccccc1)P(c1ccccc1)c1ccccc1. The molecule has 0 N–H and O–H groups in total. The third-order valence-corrected chi connectivity index (χ3v) is 12.9. The van der Waals surface area contributed by atoms with E-state index in [0.717, 1.165) is 12.8 Å². The van der Waals surface area contributed by atoms with Gasteiger partial charge < -0.3 is 0 Å². The fraction of sp³-hybridized carbons (Fsp3) is 0.222. The highest BCUT2D eigenvalue weighted by Crippen LogP contribution is 2.54. The molecule has 38 heavy (non-hydrogen) atoms. The second-order valence-corrected chi connectivity index (χ2v) is 14.3. The lowest BCUT2D eigenvalue weighted by atomic mass is 9.88. The van der Waals surface area contributed by atoms with E-state index in [4.69, 9.17) is 0 Å². The van der Waals surface area contributed by atoms with Crippen molar-refractivity contribution in [1.82, 2.24) is 0 Å². The van der Waals surface area contributed by atoms with Gasteiger partial charge in [-0.1, -0.05) is 135 Å². The monoisotopic (exact) mass is 532 g/mol. The second kappa shape index (κ2) is 13.3. The smallest absolute Gasteiger partial charge is 0.0154 e. The van der Waals surface area contributed by atoms with Crippen molar-refractivity contribution in [2.75, 3.05) is 0 Å². The zero-order chi connectivity index (χ0) is 26.2. The molecule has 1 aliphatic rings. The summed E-state index contributed by atoms with van der Waals surface area (Å²) in [6.45, 7) is 4.77. The molecule has 0 saturated heterocycles. The fourth-order valence-electron chi connectivity index (χ4n) is 5.78. The van der Waals surface area contributed by atoms with E-state index in [1.54, 1.807) is 21.8 Å². The maximum atomic E-state index is 2.39. The van der Waals surface area contributed by atoms with E-state index < -0.39 is 15.8 Å². The minimum Gasteiger partial charge on any atom is -0.0622 e. The number of rotatable bonds is 8. The van der Waals surface area contributed by atoms with Gasteiger partial charge in [0.2, 0.25) is 0 Å². The third kappa shape index (κ3) is 5.94. The zero-order valence-corrected chi connectivity index (χ0v) is 24.5. The Labute approximate surface area is 232 Å². The van der Waals surface area contributed by atoms with E-state index in [9.17, 15) is 0 Å². The Kier molecular flexibility index (Phi) is 9.41. The molecular formula is C36H38P2. The van der Waals surface area contributed by atoms with E-state index in [0.29, 0.717) is 0 Å². The highest BCUT2D eigenvalue weighted by Gasteiger charge is 2.28. The highest BCUT2D eigenvalue weighted by atomic mass is 31.1.